The Morgan fingerprint density at radius 1 is 0.600 bits per heavy atom. The van der Waals surface area contributed by atoms with Crippen LogP contribution in [0.5, 0.6) is 0 Å². The number of rotatable bonds is 4. The molecule has 0 aliphatic carbocycles. The minimum atomic E-state index is -3.18. The molecule has 0 bridgehead atoms. The average Bonchev–Trinajstić information content (AvgIpc) is 3.50. The van der Waals surface area contributed by atoms with Crippen LogP contribution in [-0.4, -0.2) is 9.55 Å². The summed E-state index contributed by atoms with van der Waals surface area (Å²) < 4.78 is 17.9. The molecule has 2 heterocycles. The van der Waals surface area contributed by atoms with Gasteiger partial charge in [0.25, 0.3) is 0 Å². The van der Waals surface area contributed by atoms with Gasteiger partial charge in [0.1, 0.15) is 5.82 Å². The summed E-state index contributed by atoms with van der Waals surface area (Å²) in [5.74, 6) is 0.977. The van der Waals surface area contributed by atoms with Crippen molar-refractivity contribution in [1.29, 1.82) is 0 Å². The van der Waals surface area contributed by atoms with Gasteiger partial charge in [0, 0.05) is 27.9 Å². The molecule has 4 heteroatoms. The van der Waals surface area contributed by atoms with Crippen molar-refractivity contribution in [2.24, 2.45) is 0 Å². The lowest BCUT2D eigenvalue weighted by molar-refractivity contribution is 0.592. The second-order valence-electron chi connectivity index (χ2n) is 11.7. The van der Waals surface area contributed by atoms with E-state index in [1.54, 1.807) is 0 Å². The number of hydrogen-bond donors (Lipinski definition) is 0. The van der Waals surface area contributed by atoms with E-state index in [1.807, 2.05) is 48.5 Å². The summed E-state index contributed by atoms with van der Waals surface area (Å²) >= 11 is 0. The van der Waals surface area contributed by atoms with Crippen LogP contribution in [-0.2, 0) is 11.0 Å². The van der Waals surface area contributed by atoms with Crippen molar-refractivity contribution in [1.82, 2.24) is 9.55 Å². The first-order valence-electron chi connectivity index (χ1n) is 15.5. The Morgan fingerprint density at radius 3 is 2.02 bits per heavy atom. The molecule has 1 aliphatic rings. The number of nitrogens with zero attached hydrogens (tertiary/aromatic N) is 2. The number of fused-ring (bicyclic) bond motifs is 5. The maximum atomic E-state index is 15.6. The molecule has 1 unspecified atom stereocenters. The predicted octanol–water partition coefficient (Wildman–Crippen LogP) is 9.18. The van der Waals surface area contributed by atoms with Crippen molar-refractivity contribution in [3.05, 3.63) is 151 Å². The van der Waals surface area contributed by atoms with Crippen LogP contribution in [0.2, 0.25) is 0 Å². The Labute approximate surface area is 261 Å². The van der Waals surface area contributed by atoms with Crippen LogP contribution in [0.4, 0.5) is 0 Å². The van der Waals surface area contributed by atoms with Gasteiger partial charge in [-0.2, -0.15) is 0 Å². The fourth-order valence-corrected chi connectivity index (χ4v) is 10.3. The molecule has 0 amide bonds. The maximum absolute atomic E-state index is 15.6. The monoisotopic (exact) mass is 596 g/mol. The van der Waals surface area contributed by atoms with Crippen molar-refractivity contribution in [3.63, 3.8) is 0 Å². The minimum Gasteiger partial charge on any atom is -0.308 e. The molecule has 0 radical (unpaired) electrons. The van der Waals surface area contributed by atoms with Gasteiger partial charge in [-0.3, -0.25) is 4.57 Å². The van der Waals surface area contributed by atoms with Gasteiger partial charge in [0.2, 0.25) is 0 Å². The first kappa shape index (κ1) is 26.2. The Hall–Kier alpha value is -5.24. The van der Waals surface area contributed by atoms with Gasteiger partial charge in [-0.1, -0.05) is 128 Å². The van der Waals surface area contributed by atoms with Crippen LogP contribution in [0.15, 0.2) is 146 Å². The second-order valence-corrected chi connectivity index (χ2v) is 14.4. The summed E-state index contributed by atoms with van der Waals surface area (Å²) in [6.07, 6.45) is 0.769. The molecule has 8 aromatic rings. The summed E-state index contributed by atoms with van der Waals surface area (Å²) in [5, 5.41) is 7.59. The minimum absolute atomic E-state index is 0.769. The van der Waals surface area contributed by atoms with Crippen molar-refractivity contribution >= 4 is 55.6 Å². The zero-order valence-electron chi connectivity index (χ0n) is 24.8. The third kappa shape index (κ3) is 3.71. The third-order valence-electron chi connectivity index (χ3n) is 9.35. The SMILES string of the molecule is CCc1nc2cccc3c2n1-c1c(-c2ccc(-c4cc5ccccc5c5ccccc45)cc2)cccc1P3(=O)c1ccccc1. The number of benzene rings is 7. The van der Waals surface area contributed by atoms with Gasteiger partial charge in [-0.05, 0) is 62.5 Å². The fraction of sp³-hybridized carbons (Fsp3) is 0.0488. The third-order valence-corrected chi connectivity index (χ3v) is 12.5. The molecule has 0 fully saturated rings. The van der Waals surface area contributed by atoms with E-state index in [1.165, 1.54) is 32.7 Å². The van der Waals surface area contributed by atoms with Gasteiger partial charge in [-0.25, -0.2) is 4.98 Å². The molecular formula is C41H29N2OP. The zero-order chi connectivity index (χ0) is 30.1. The highest BCUT2D eigenvalue weighted by molar-refractivity contribution is 7.86. The van der Waals surface area contributed by atoms with Crippen LogP contribution in [0, 0.1) is 0 Å². The molecule has 0 saturated carbocycles. The average molecular weight is 597 g/mol. The first-order valence-corrected chi connectivity index (χ1v) is 17.2. The number of imidazole rings is 1. The summed E-state index contributed by atoms with van der Waals surface area (Å²) in [7, 11) is -3.18. The predicted molar refractivity (Wildman–Crippen MR) is 189 cm³/mol. The van der Waals surface area contributed by atoms with Crippen LogP contribution in [0.25, 0.3) is 60.5 Å². The van der Waals surface area contributed by atoms with Gasteiger partial charge < -0.3 is 4.57 Å². The summed E-state index contributed by atoms with van der Waals surface area (Å²) in [6, 6.07) is 50.8. The molecule has 1 atom stereocenters. The van der Waals surface area contributed by atoms with E-state index in [9.17, 15) is 0 Å². The Balaban J connectivity index is 1.28. The molecule has 45 heavy (non-hydrogen) atoms. The topological polar surface area (TPSA) is 34.9 Å². The van der Waals surface area contributed by atoms with E-state index in [2.05, 4.69) is 109 Å². The molecule has 0 spiro atoms. The lowest BCUT2D eigenvalue weighted by atomic mass is 9.92. The molecule has 0 N–H and O–H groups in total. The lowest BCUT2D eigenvalue weighted by Gasteiger charge is -2.30. The van der Waals surface area contributed by atoms with Crippen LogP contribution < -0.4 is 15.9 Å². The van der Waals surface area contributed by atoms with E-state index in [0.29, 0.717) is 0 Å². The molecule has 1 aromatic heterocycles. The Bertz CT molecular complexity index is 2490. The van der Waals surface area contributed by atoms with Gasteiger partial charge in [0.15, 0.2) is 7.14 Å². The first-order chi connectivity index (χ1) is 22.2. The highest BCUT2D eigenvalue weighted by atomic mass is 31.2. The van der Waals surface area contributed by atoms with E-state index in [-0.39, 0.29) is 0 Å². The fourth-order valence-electron chi connectivity index (χ4n) is 7.31. The summed E-state index contributed by atoms with van der Waals surface area (Å²) in [5.41, 5.74) is 7.36. The molecular weight excluding hydrogens is 567 g/mol. The summed E-state index contributed by atoms with van der Waals surface area (Å²) in [6.45, 7) is 2.14. The molecule has 1 aliphatic heterocycles. The number of aryl methyl sites for hydroxylation is 1. The van der Waals surface area contributed by atoms with Gasteiger partial charge in [0.05, 0.1) is 16.7 Å². The Morgan fingerprint density at radius 2 is 1.24 bits per heavy atom. The summed E-state index contributed by atoms with van der Waals surface area (Å²) in [4.78, 5) is 5.05. The van der Waals surface area contributed by atoms with Crippen molar-refractivity contribution < 1.29 is 4.57 Å². The van der Waals surface area contributed by atoms with E-state index >= 15 is 4.57 Å². The van der Waals surface area contributed by atoms with Crippen molar-refractivity contribution in [2.75, 3.05) is 0 Å². The quantitative estimate of drug-likeness (QED) is 0.150. The molecule has 9 rings (SSSR count). The smallest absolute Gasteiger partial charge is 0.175 e. The van der Waals surface area contributed by atoms with Crippen LogP contribution in [0.1, 0.15) is 12.7 Å². The number of hydrogen-bond acceptors (Lipinski definition) is 2. The van der Waals surface area contributed by atoms with E-state index in [0.717, 1.165) is 56.0 Å². The van der Waals surface area contributed by atoms with Crippen LogP contribution in [0.3, 0.4) is 0 Å². The molecule has 3 nitrogen and oxygen atoms in total. The lowest BCUT2D eigenvalue weighted by Crippen LogP contribution is -2.33. The number of aromatic nitrogens is 2. The van der Waals surface area contributed by atoms with Crippen molar-refractivity contribution in [3.8, 4) is 27.9 Å². The normalized spacial score (nSPS) is 15.5. The molecule has 214 valence electrons. The van der Waals surface area contributed by atoms with Gasteiger partial charge >= 0.3 is 0 Å². The van der Waals surface area contributed by atoms with Crippen LogP contribution >= 0.6 is 7.14 Å². The van der Waals surface area contributed by atoms with Gasteiger partial charge in [-0.15, -0.1) is 0 Å². The largest absolute Gasteiger partial charge is 0.308 e. The highest BCUT2D eigenvalue weighted by Gasteiger charge is 2.40. The zero-order valence-corrected chi connectivity index (χ0v) is 25.7. The van der Waals surface area contributed by atoms with Crippen molar-refractivity contribution in [2.45, 2.75) is 13.3 Å². The Kier molecular flexibility index (Phi) is 5.75. The molecule has 0 saturated heterocycles. The second kappa shape index (κ2) is 9.89. The van der Waals surface area contributed by atoms with E-state index in [4.69, 9.17) is 4.98 Å². The van der Waals surface area contributed by atoms with E-state index < -0.39 is 7.14 Å². The maximum Gasteiger partial charge on any atom is 0.175 e. The number of para-hydroxylation sites is 2. The highest BCUT2D eigenvalue weighted by Crippen LogP contribution is 2.51. The standard InChI is InChI=1S/C41H29N2OP/c1-2-39-42-36-19-11-21-38-41(36)43(39)40-32(18-10-20-37(40)45(38,44)30-13-4-3-5-14-30)27-22-24-28(25-23-27)35-26-29-12-6-7-15-31(29)33-16-8-9-17-34(33)35/h3-26H,2H2,1H3. The molecule has 7 aromatic carbocycles.